The molecule has 4 heterocycles. The molecule has 2 aromatic carbocycles. The van der Waals surface area contributed by atoms with E-state index in [1.807, 2.05) is 0 Å². The van der Waals surface area contributed by atoms with E-state index in [9.17, 15) is 63.8 Å². The van der Waals surface area contributed by atoms with Crippen LogP contribution in [0.2, 0.25) is 10.0 Å². The molecule has 4 aromatic rings. The molecule has 2 spiro atoms. The summed E-state index contributed by atoms with van der Waals surface area (Å²) in [5.74, 6) is -4.96. The first kappa shape index (κ1) is 49.5. The van der Waals surface area contributed by atoms with Gasteiger partial charge in [-0.2, -0.15) is 26.3 Å². The summed E-state index contributed by atoms with van der Waals surface area (Å²) < 4.78 is 119. The average molecular weight is 950 g/mol. The number of benzene rings is 2. The van der Waals surface area contributed by atoms with E-state index >= 15 is 0 Å². The first-order valence-corrected chi connectivity index (χ1v) is 19.3. The number of amides is 4. The fraction of sp³-hybridized carbons (Fsp3) is 0.381. The molecule has 0 atom stereocenters. The van der Waals surface area contributed by atoms with Gasteiger partial charge in [0.15, 0.2) is 23.3 Å². The van der Waals surface area contributed by atoms with E-state index in [0.717, 1.165) is 58.6 Å². The van der Waals surface area contributed by atoms with Gasteiger partial charge in [0.2, 0.25) is 11.8 Å². The molecule has 0 bridgehead atoms. The molecular weight excluding hydrogens is 910 g/mol. The Labute approximate surface area is 370 Å². The molecule has 4 amide bonds. The van der Waals surface area contributed by atoms with E-state index in [4.69, 9.17) is 23.2 Å². The molecule has 22 heteroatoms. The van der Waals surface area contributed by atoms with Crippen LogP contribution in [0.4, 0.5) is 51.1 Å². The number of aliphatic hydroxyl groups excluding tert-OH is 1. The van der Waals surface area contributed by atoms with Gasteiger partial charge in [-0.1, -0.05) is 62.3 Å². The molecule has 2 aliphatic carbocycles. The Hall–Kier alpha value is -5.47. The Bertz CT molecular complexity index is 2250. The maximum absolute atomic E-state index is 14.4. The van der Waals surface area contributed by atoms with Crippen LogP contribution in [-0.2, 0) is 44.6 Å². The number of carbonyl (C=O) groups excluding carboxylic acids is 4. The highest BCUT2D eigenvalue weighted by Gasteiger charge is 2.62. The van der Waals surface area contributed by atoms with E-state index in [1.165, 1.54) is 34.1 Å². The molecule has 2 aliphatic heterocycles. The van der Waals surface area contributed by atoms with Gasteiger partial charge in [0, 0.05) is 51.2 Å². The second kappa shape index (κ2) is 18.2. The number of carbonyl (C=O) groups is 4. The molecule has 2 aromatic heterocycles. The lowest BCUT2D eigenvalue weighted by molar-refractivity contribution is -0.167. The molecule has 64 heavy (non-hydrogen) atoms. The zero-order valence-corrected chi connectivity index (χ0v) is 33.2. The van der Waals surface area contributed by atoms with Crippen LogP contribution >= 0.6 is 23.2 Å². The quantitative estimate of drug-likeness (QED) is 0.192. The van der Waals surface area contributed by atoms with Crippen LogP contribution in [0.5, 0.6) is 0 Å². The van der Waals surface area contributed by atoms with Gasteiger partial charge in [-0.25, -0.2) is 23.1 Å². The zero-order valence-electron chi connectivity index (χ0n) is 31.7. The normalized spacial score (nSPS) is 23.2. The fourth-order valence-electron chi connectivity index (χ4n) is 7.97. The summed E-state index contributed by atoms with van der Waals surface area (Å²) in [5, 5.41) is 9.91. The smallest absolute Gasteiger partial charge is 0.393 e. The van der Waals surface area contributed by atoms with E-state index < -0.39 is 101 Å². The fourth-order valence-corrected chi connectivity index (χ4v) is 8.26. The third-order valence-corrected chi connectivity index (χ3v) is 11.5. The Balaban J connectivity index is 0.000000234. The topological polar surface area (TPSA) is 127 Å². The summed E-state index contributed by atoms with van der Waals surface area (Å²) in [6.45, 7) is -1.34. The molecule has 344 valence electrons. The first-order chi connectivity index (χ1) is 29.0. The van der Waals surface area contributed by atoms with Crippen LogP contribution in [0.25, 0.3) is 0 Å². The lowest BCUT2D eigenvalue weighted by atomic mass is 9.70. The van der Waals surface area contributed by atoms with Gasteiger partial charge in [-0.05, 0) is 47.5 Å². The minimum atomic E-state index is -4.51. The molecule has 11 nitrogen and oxygen atoms in total. The minimum absolute atomic E-state index is 0. The summed E-state index contributed by atoms with van der Waals surface area (Å²) in [5.41, 5.74) is -3.92. The monoisotopic (exact) mass is 948 g/mol. The number of pyridine rings is 2. The van der Waals surface area contributed by atoms with Crippen molar-refractivity contribution in [3.63, 3.8) is 0 Å². The Kier molecular flexibility index (Phi) is 14.1. The molecule has 1 N–H and O–H groups in total. The van der Waals surface area contributed by atoms with Crippen molar-refractivity contribution in [2.24, 2.45) is 0 Å². The predicted molar refractivity (Wildman–Crippen MR) is 215 cm³/mol. The van der Waals surface area contributed by atoms with E-state index in [-0.39, 0.29) is 69.5 Å². The number of halogens is 11. The Morgan fingerprint density at radius 2 is 0.969 bits per heavy atom. The van der Waals surface area contributed by atoms with Gasteiger partial charge in [-0.15, -0.1) is 0 Å². The van der Waals surface area contributed by atoms with Crippen molar-refractivity contribution >= 4 is 58.5 Å². The number of rotatable bonds is 6. The number of aliphatic hydroxyl groups is 1. The second-order valence-electron chi connectivity index (χ2n) is 15.2. The van der Waals surface area contributed by atoms with Gasteiger partial charge in [0.25, 0.3) is 11.8 Å². The summed E-state index contributed by atoms with van der Waals surface area (Å²) in [6.07, 6.45) is -9.62. The molecule has 0 unspecified atom stereocenters. The molecule has 0 radical (unpaired) electrons. The predicted octanol–water partition coefficient (Wildman–Crippen LogP) is 8.57. The van der Waals surface area contributed by atoms with Crippen molar-refractivity contribution in [3.8, 4) is 0 Å². The Morgan fingerprint density at radius 1 is 0.625 bits per heavy atom. The van der Waals surface area contributed by atoms with Crippen molar-refractivity contribution in [3.05, 3.63) is 117 Å². The Morgan fingerprint density at radius 3 is 1.27 bits per heavy atom. The standard InChI is InChI=1S/C20H15ClF5N3O2.C20H16ClF4N3O3.2CH4/c21-13-5-15(23)17(27-8-13)28-10-16(30)29(19(18(28)31)6-14(22)7-19)9-11-1-3-12(4-2-11)20(24,25)26;21-13-5-15(22)17(26-8-13)27-10-16(30)28(19(18(27)31)6-14(29)7-19)9-11-1-3-12(4-2-11)20(23,24)25;;/h1-5,8,14H,6-7,9-10H2;1-5,8,14,29H,6-7,9-10H2;2*1H4. The number of nitrogens with zero attached hydrogens (tertiary/aromatic N) is 6. The maximum atomic E-state index is 14.4. The summed E-state index contributed by atoms with van der Waals surface area (Å²) in [4.78, 5) is 64.2. The summed E-state index contributed by atoms with van der Waals surface area (Å²) in [6, 6.07) is 10.3. The largest absolute Gasteiger partial charge is 0.416 e. The third-order valence-electron chi connectivity index (χ3n) is 11.1. The number of anilines is 2. The third kappa shape index (κ3) is 9.35. The van der Waals surface area contributed by atoms with Gasteiger partial charge in [-0.3, -0.25) is 29.0 Å². The van der Waals surface area contributed by atoms with Crippen LogP contribution in [0, 0.1) is 11.6 Å². The minimum Gasteiger partial charge on any atom is -0.393 e. The van der Waals surface area contributed by atoms with Gasteiger partial charge in [0.1, 0.15) is 30.3 Å². The molecule has 2 saturated heterocycles. The SMILES string of the molecule is C.C.O=C1CN(c2ncc(Cl)cc2F)C(=O)C2(CC(F)C2)N1Cc1ccc(C(F)(F)F)cc1.O=C1CN(c2ncc(Cl)cc2F)C(=O)C2(CC(O)C2)N1Cc1ccc(C(F)(F)F)cc1. The number of hydrogen-bond donors (Lipinski definition) is 1. The van der Waals surface area contributed by atoms with Gasteiger partial charge >= 0.3 is 12.4 Å². The molecule has 4 aliphatic rings. The molecule has 2 saturated carbocycles. The first-order valence-electron chi connectivity index (χ1n) is 18.5. The number of piperazine rings is 2. The van der Waals surface area contributed by atoms with Crippen LogP contribution < -0.4 is 9.80 Å². The van der Waals surface area contributed by atoms with Crippen molar-refractivity contribution in [2.75, 3.05) is 22.9 Å². The highest BCUT2D eigenvalue weighted by atomic mass is 35.5. The van der Waals surface area contributed by atoms with Crippen molar-refractivity contribution in [1.29, 1.82) is 0 Å². The second-order valence-corrected chi connectivity index (χ2v) is 16.1. The van der Waals surface area contributed by atoms with Gasteiger partial charge in [0.05, 0.1) is 27.3 Å². The van der Waals surface area contributed by atoms with Crippen molar-refractivity contribution < 1.29 is 63.8 Å². The highest BCUT2D eigenvalue weighted by Crippen LogP contribution is 2.46. The number of alkyl halides is 7. The summed E-state index contributed by atoms with van der Waals surface area (Å²) in [7, 11) is 0. The van der Waals surface area contributed by atoms with E-state index in [2.05, 4.69) is 9.97 Å². The van der Waals surface area contributed by atoms with Gasteiger partial charge < -0.3 is 14.9 Å². The molecule has 8 rings (SSSR count). The van der Waals surface area contributed by atoms with Crippen LogP contribution in [0.15, 0.2) is 73.1 Å². The van der Waals surface area contributed by atoms with E-state index in [0.29, 0.717) is 11.1 Å². The number of hydrogen-bond acceptors (Lipinski definition) is 7. The van der Waals surface area contributed by atoms with Crippen LogP contribution in [-0.4, -0.2) is 84.9 Å². The lowest BCUT2D eigenvalue weighted by Gasteiger charge is -2.55. The van der Waals surface area contributed by atoms with E-state index in [1.54, 1.807) is 0 Å². The summed E-state index contributed by atoms with van der Waals surface area (Å²) >= 11 is 11.4. The highest BCUT2D eigenvalue weighted by molar-refractivity contribution is 6.30. The van der Waals surface area contributed by atoms with Crippen LogP contribution in [0.1, 0.15) is 62.8 Å². The lowest BCUT2D eigenvalue weighted by Crippen LogP contribution is -2.73. The maximum Gasteiger partial charge on any atom is 0.416 e. The number of aromatic nitrogens is 2. The molecule has 4 fully saturated rings. The average Bonchev–Trinajstić information content (AvgIpc) is 3.16. The molecular formula is C42H39Cl2F9N6O5. The van der Waals surface area contributed by atoms with Crippen molar-refractivity contribution in [2.45, 2.75) is 89.3 Å². The van der Waals surface area contributed by atoms with Crippen LogP contribution in [0.3, 0.4) is 0 Å². The zero-order chi connectivity index (χ0) is 45.1. The van der Waals surface area contributed by atoms with Crippen molar-refractivity contribution in [1.82, 2.24) is 19.8 Å².